The Morgan fingerprint density at radius 3 is 2.37 bits per heavy atom. The van der Waals surface area contributed by atoms with Crippen LogP contribution in [-0.2, 0) is 4.74 Å². The van der Waals surface area contributed by atoms with E-state index in [1.807, 2.05) is 68.1 Å². The Bertz CT molecular complexity index is 1480. The zero-order valence-corrected chi connectivity index (χ0v) is 21.8. The van der Waals surface area contributed by atoms with E-state index in [1.165, 1.54) is 4.52 Å². The molecule has 38 heavy (non-hydrogen) atoms. The first-order chi connectivity index (χ1) is 18.2. The highest BCUT2D eigenvalue weighted by atomic mass is 19.1. The van der Waals surface area contributed by atoms with Crippen molar-refractivity contribution in [1.29, 1.82) is 0 Å². The molecule has 2 fully saturated rings. The average Bonchev–Trinajstić information content (AvgIpc) is 3.44. The number of nitrogens with zero attached hydrogens (tertiary/aromatic N) is 5. The number of carbonyl (C=O) groups is 1. The molecule has 2 unspecified atom stereocenters. The van der Waals surface area contributed by atoms with Crippen LogP contribution < -0.4 is 5.73 Å². The van der Waals surface area contributed by atoms with Crippen molar-refractivity contribution in [3.63, 3.8) is 0 Å². The summed E-state index contributed by atoms with van der Waals surface area (Å²) in [6, 6.07) is 13.8. The minimum absolute atomic E-state index is 0.00800. The number of hydrogen-bond donors (Lipinski definition) is 1. The Morgan fingerprint density at radius 2 is 1.74 bits per heavy atom. The van der Waals surface area contributed by atoms with Gasteiger partial charge < -0.3 is 15.4 Å². The van der Waals surface area contributed by atoms with Crippen LogP contribution in [0, 0.1) is 5.82 Å². The molecule has 2 aliphatic rings. The Labute approximate surface area is 220 Å². The van der Waals surface area contributed by atoms with E-state index in [1.54, 1.807) is 12.4 Å². The molecule has 0 saturated carbocycles. The number of piperidine rings is 1. The van der Waals surface area contributed by atoms with Crippen LogP contribution in [0.5, 0.6) is 0 Å². The second-order valence-electron chi connectivity index (χ2n) is 11.2. The minimum Gasteiger partial charge on any atom is -0.444 e. The van der Waals surface area contributed by atoms with Crippen LogP contribution in [0.15, 0.2) is 54.9 Å². The summed E-state index contributed by atoms with van der Waals surface area (Å²) in [5.41, 5.74) is 9.95. The highest BCUT2D eigenvalue weighted by molar-refractivity contribution is 5.78. The first-order valence-corrected chi connectivity index (χ1v) is 13.1. The van der Waals surface area contributed by atoms with Gasteiger partial charge in [-0.15, -0.1) is 0 Å². The van der Waals surface area contributed by atoms with E-state index in [0.29, 0.717) is 24.2 Å². The molecule has 1 amide bonds. The van der Waals surface area contributed by atoms with E-state index in [4.69, 9.17) is 15.5 Å². The number of rotatable bonds is 3. The fourth-order valence-corrected chi connectivity index (χ4v) is 5.83. The van der Waals surface area contributed by atoms with Gasteiger partial charge in [0, 0.05) is 40.9 Å². The third-order valence-corrected chi connectivity index (χ3v) is 7.52. The molecule has 196 valence electrons. The standard InChI is InChI=1S/C29H31FN6O2/c1-29(2,3)38-28(37)35-20-10-11-21(35)14-19(13-20)25-24(30)26(31)36-27(34-25)22(16-33-36)18-9-12-23(32-15-18)17-7-5-4-6-8-17/h4-9,12,15-16,19-21H,10-11,13-14,31H2,1-3H3/t19?,20-,21?/m0/s1. The number of carbonyl (C=O) groups excluding carboxylic acids is 1. The van der Waals surface area contributed by atoms with Gasteiger partial charge in [-0.3, -0.25) is 4.98 Å². The van der Waals surface area contributed by atoms with Crippen LogP contribution in [0.1, 0.15) is 58.1 Å². The van der Waals surface area contributed by atoms with Crippen LogP contribution in [0.3, 0.4) is 0 Å². The van der Waals surface area contributed by atoms with Crippen LogP contribution >= 0.6 is 0 Å². The number of hydrogen-bond acceptors (Lipinski definition) is 6. The minimum atomic E-state index is -0.562. The van der Waals surface area contributed by atoms with Crippen molar-refractivity contribution in [2.75, 3.05) is 5.73 Å². The molecule has 6 rings (SSSR count). The van der Waals surface area contributed by atoms with Gasteiger partial charge in [0.25, 0.3) is 0 Å². The van der Waals surface area contributed by atoms with Gasteiger partial charge in [0.15, 0.2) is 17.3 Å². The molecule has 4 aromatic rings. The van der Waals surface area contributed by atoms with Gasteiger partial charge in [0.1, 0.15) is 5.60 Å². The zero-order chi connectivity index (χ0) is 26.6. The lowest BCUT2D eigenvalue weighted by molar-refractivity contribution is 0.00560. The van der Waals surface area contributed by atoms with Crippen molar-refractivity contribution < 1.29 is 13.9 Å². The van der Waals surface area contributed by atoms with E-state index >= 15 is 4.39 Å². The maximum absolute atomic E-state index is 15.6. The molecule has 2 bridgehead atoms. The van der Waals surface area contributed by atoms with Crippen molar-refractivity contribution in [3.8, 4) is 22.4 Å². The summed E-state index contributed by atoms with van der Waals surface area (Å²) in [5.74, 6) is -0.758. The normalized spacial score (nSPS) is 21.2. The molecule has 1 aromatic carbocycles. The third kappa shape index (κ3) is 4.25. The van der Waals surface area contributed by atoms with Crippen molar-refractivity contribution in [1.82, 2.24) is 24.5 Å². The molecule has 2 saturated heterocycles. The van der Waals surface area contributed by atoms with Crippen LogP contribution in [0.25, 0.3) is 28.0 Å². The Balaban J connectivity index is 1.31. The number of fused-ring (bicyclic) bond motifs is 3. The maximum atomic E-state index is 15.6. The number of pyridine rings is 1. The molecule has 3 atom stereocenters. The van der Waals surface area contributed by atoms with Gasteiger partial charge in [-0.25, -0.2) is 14.2 Å². The fraction of sp³-hybridized carbons (Fsp3) is 0.379. The monoisotopic (exact) mass is 514 g/mol. The molecular weight excluding hydrogens is 483 g/mol. The van der Waals surface area contributed by atoms with Gasteiger partial charge in [-0.2, -0.15) is 9.61 Å². The lowest BCUT2D eigenvalue weighted by Crippen LogP contribution is -2.48. The SMILES string of the molecule is CC(C)(C)OC(=O)N1C2CC[C@H]1CC(c1nc3c(-c4ccc(-c5ccccc5)nc4)cnn3c(N)c1F)C2. The topological polar surface area (TPSA) is 98.6 Å². The average molecular weight is 515 g/mol. The van der Waals surface area contributed by atoms with Gasteiger partial charge >= 0.3 is 6.09 Å². The number of nitrogen functional groups attached to an aromatic ring is 1. The molecule has 0 aliphatic carbocycles. The summed E-state index contributed by atoms with van der Waals surface area (Å²) in [5, 5.41) is 4.33. The van der Waals surface area contributed by atoms with Crippen molar-refractivity contribution in [2.45, 2.75) is 70.1 Å². The van der Waals surface area contributed by atoms with Gasteiger partial charge in [-0.1, -0.05) is 36.4 Å². The summed E-state index contributed by atoms with van der Waals surface area (Å²) >= 11 is 0. The third-order valence-electron chi connectivity index (χ3n) is 7.52. The number of halogens is 1. The quantitative estimate of drug-likeness (QED) is 0.370. The van der Waals surface area contributed by atoms with E-state index in [-0.39, 0.29) is 29.9 Å². The van der Waals surface area contributed by atoms with Crippen LogP contribution in [0.2, 0.25) is 0 Å². The predicted octanol–water partition coefficient (Wildman–Crippen LogP) is 5.83. The molecule has 5 heterocycles. The molecule has 2 N–H and O–H groups in total. The lowest BCUT2D eigenvalue weighted by atomic mass is 9.87. The van der Waals surface area contributed by atoms with E-state index in [2.05, 4.69) is 10.1 Å². The summed E-state index contributed by atoms with van der Waals surface area (Å²) in [7, 11) is 0. The second kappa shape index (κ2) is 9.08. The number of benzene rings is 1. The first-order valence-electron chi connectivity index (χ1n) is 13.1. The highest BCUT2D eigenvalue weighted by Crippen LogP contribution is 2.44. The van der Waals surface area contributed by atoms with E-state index in [0.717, 1.165) is 35.2 Å². The Morgan fingerprint density at radius 1 is 1.03 bits per heavy atom. The van der Waals surface area contributed by atoms with Gasteiger partial charge in [0.2, 0.25) is 0 Å². The second-order valence-corrected chi connectivity index (χ2v) is 11.2. The number of amides is 1. The summed E-state index contributed by atoms with van der Waals surface area (Å²) in [6.45, 7) is 5.60. The van der Waals surface area contributed by atoms with E-state index in [9.17, 15) is 4.79 Å². The first kappa shape index (κ1) is 24.3. The molecule has 0 spiro atoms. The van der Waals surface area contributed by atoms with E-state index < -0.39 is 11.4 Å². The largest absolute Gasteiger partial charge is 0.444 e. The number of anilines is 1. The zero-order valence-electron chi connectivity index (χ0n) is 21.8. The molecule has 0 radical (unpaired) electrons. The number of aromatic nitrogens is 4. The molecule has 8 nitrogen and oxygen atoms in total. The van der Waals surface area contributed by atoms with Crippen molar-refractivity contribution in [2.24, 2.45) is 0 Å². The smallest absolute Gasteiger partial charge is 0.410 e. The Hall–Kier alpha value is -4.01. The maximum Gasteiger partial charge on any atom is 0.410 e. The summed E-state index contributed by atoms with van der Waals surface area (Å²) < 4.78 is 22.6. The molecule has 3 aromatic heterocycles. The highest BCUT2D eigenvalue weighted by Gasteiger charge is 2.46. The van der Waals surface area contributed by atoms with Crippen molar-refractivity contribution >= 4 is 17.6 Å². The van der Waals surface area contributed by atoms with Gasteiger partial charge in [-0.05, 0) is 52.5 Å². The number of ether oxygens (including phenoxy) is 1. The van der Waals surface area contributed by atoms with Crippen LogP contribution in [-0.4, -0.2) is 48.3 Å². The summed E-state index contributed by atoms with van der Waals surface area (Å²) in [4.78, 5) is 24.1. The lowest BCUT2D eigenvalue weighted by Gasteiger charge is -2.39. The molecular formula is C29H31FN6O2. The Kier molecular flexibility index (Phi) is 5.81. The van der Waals surface area contributed by atoms with Crippen molar-refractivity contribution in [3.05, 3.63) is 66.4 Å². The summed E-state index contributed by atoms with van der Waals surface area (Å²) in [6.07, 6.45) is 6.11. The van der Waals surface area contributed by atoms with Crippen LogP contribution in [0.4, 0.5) is 15.0 Å². The fourth-order valence-electron chi connectivity index (χ4n) is 5.83. The predicted molar refractivity (Wildman–Crippen MR) is 143 cm³/mol. The number of nitrogens with two attached hydrogens (primary N) is 1. The molecule has 2 aliphatic heterocycles. The molecule has 9 heteroatoms. The van der Waals surface area contributed by atoms with Gasteiger partial charge in [0.05, 0.1) is 17.6 Å².